The molecule has 0 saturated carbocycles. The molecule has 1 fully saturated rings. The summed E-state index contributed by atoms with van der Waals surface area (Å²) in [7, 11) is 4.19. The molecule has 0 aliphatic carbocycles. The molecule has 0 spiro atoms. The predicted octanol–water partition coefficient (Wildman–Crippen LogP) is 1.50. The van der Waals surface area contributed by atoms with Gasteiger partial charge in [0, 0.05) is 12.6 Å². The summed E-state index contributed by atoms with van der Waals surface area (Å²) in [6.07, 6.45) is 3.80. The molecule has 0 aromatic carbocycles. The second-order valence-electron chi connectivity index (χ2n) is 5.08. The van der Waals surface area contributed by atoms with Gasteiger partial charge in [0.2, 0.25) is 0 Å². The van der Waals surface area contributed by atoms with Gasteiger partial charge in [-0.05, 0) is 39.5 Å². The first-order valence-electron chi connectivity index (χ1n) is 6.25. The first-order chi connectivity index (χ1) is 8.56. The van der Waals surface area contributed by atoms with Crippen LogP contribution in [0.2, 0.25) is 0 Å². The fourth-order valence-electron chi connectivity index (χ4n) is 2.48. The van der Waals surface area contributed by atoms with E-state index in [4.69, 9.17) is 9.52 Å². The molecule has 1 aromatic heterocycles. The smallest absolute Gasteiger partial charge is 0.338 e. The van der Waals surface area contributed by atoms with Gasteiger partial charge in [0.05, 0.1) is 12.1 Å². The van der Waals surface area contributed by atoms with Gasteiger partial charge in [-0.3, -0.25) is 4.90 Å². The Morgan fingerprint density at radius 2 is 2.44 bits per heavy atom. The maximum Gasteiger partial charge on any atom is 0.338 e. The Bertz CT molecular complexity index is 416. The zero-order chi connectivity index (χ0) is 13.1. The molecule has 0 radical (unpaired) electrons. The average molecular weight is 252 g/mol. The fraction of sp³-hybridized carbons (Fsp3) is 0.615. The lowest BCUT2D eigenvalue weighted by Crippen LogP contribution is -2.36. The van der Waals surface area contributed by atoms with Crippen LogP contribution in [0, 0.1) is 0 Å². The van der Waals surface area contributed by atoms with Gasteiger partial charge in [-0.1, -0.05) is 0 Å². The van der Waals surface area contributed by atoms with Crippen LogP contribution in [0.25, 0.3) is 0 Å². The average Bonchev–Trinajstić information content (AvgIpc) is 2.89. The molecule has 5 heteroatoms. The third kappa shape index (κ3) is 3.11. The van der Waals surface area contributed by atoms with Crippen molar-refractivity contribution in [3.05, 3.63) is 23.7 Å². The molecular formula is C13H20N2O3. The van der Waals surface area contributed by atoms with E-state index < -0.39 is 5.97 Å². The van der Waals surface area contributed by atoms with Gasteiger partial charge in [-0.2, -0.15) is 0 Å². The van der Waals surface area contributed by atoms with E-state index in [9.17, 15) is 4.79 Å². The Morgan fingerprint density at radius 3 is 3.00 bits per heavy atom. The summed E-state index contributed by atoms with van der Waals surface area (Å²) in [6.45, 7) is 2.81. The molecule has 2 rings (SSSR count). The summed E-state index contributed by atoms with van der Waals surface area (Å²) >= 11 is 0. The number of carboxylic acid groups (broad SMARTS) is 1. The number of rotatable bonds is 5. The van der Waals surface area contributed by atoms with E-state index in [1.165, 1.54) is 25.6 Å². The van der Waals surface area contributed by atoms with E-state index in [2.05, 4.69) is 16.8 Å². The molecular weight excluding hydrogens is 232 g/mol. The molecule has 1 aromatic rings. The number of aromatic carboxylic acids is 1. The Morgan fingerprint density at radius 1 is 1.67 bits per heavy atom. The summed E-state index contributed by atoms with van der Waals surface area (Å²) in [6, 6.07) is 2.20. The van der Waals surface area contributed by atoms with Crippen LogP contribution < -0.4 is 0 Å². The van der Waals surface area contributed by atoms with Gasteiger partial charge in [0.1, 0.15) is 12.0 Å². The maximum atomic E-state index is 10.7. The molecule has 1 atom stereocenters. The van der Waals surface area contributed by atoms with Crippen molar-refractivity contribution in [3.63, 3.8) is 0 Å². The van der Waals surface area contributed by atoms with Gasteiger partial charge in [0.25, 0.3) is 0 Å². The van der Waals surface area contributed by atoms with Crippen LogP contribution in [-0.2, 0) is 6.54 Å². The number of nitrogens with zero attached hydrogens (tertiary/aromatic N) is 2. The third-order valence-electron chi connectivity index (χ3n) is 3.52. The highest BCUT2D eigenvalue weighted by molar-refractivity contribution is 5.87. The zero-order valence-corrected chi connectivity index (χ0v) is 10.9. The number of likely N-dealkylation sites (N-methyl/N-ethyl adjacent to an activating group) is 2. The Balaban J connectivity index is 1.86. The van der Waals surface area contributed by atoms with Crippen molar-refractivity contribution in [2.75, 3.05) is 27.2 Å². The normalized spacial score (nSPS) is 20.7. The Kier molecular flexibility index (Phi) is 4.04. The van der Waals surface area contributed by atoms with E-state index in [1.54, 1.807) is 6.07 Å². The summed E-state index contributed by atoms with van der Waals surface area (Å²) in [4.78, 5) is 15.3. The first kappa shape index (κ1) is 13.1. The third-order valence-corrected chi connectivity index (χ3v) is 3.52. The summed E-state index contributed by atoms with van der Waals surface area (Å²) in [5.74, 6) is -0.237. The van der Waals surface area contributed by atoms with Crippen molar-refractivity contribution >= 4 is 5.97 Å². The first-order valence-corrected chi connectivity index (χ1v) is 6.25. The van der Waals surface area contributed by atoms with Crippen LogP contribution in [-0.4, -0.2) is 54.1 Å². The molecule has 1 saturated heterocycles. The van der Waals surface area contributed by atoms with Gasteiger partial charge in [-0.25, -0.2) is 4.79 Å². The standard InChI is InChI=1S/C13H20N2O3/c1-14(7-11-4-3-5-15(11)2)8-12-6-10(9-18-12)13(16)17/h6,9,11H,3-5,7-8H2,1-2H3,(H,16,17). The summed E-state index contributed by atoms with van der Waals surface area (Å²) in [5.41, 5.74) is 0.219. The number of furan rings is 1. The molecule has 100 valence electrons. The molecule has 2 heterocycles. The molecule has 1 N–H and O–H groups in total. The quantitative estimate of drug-likeness (QED) is 0.860. The lowest BCUT2D eigenvalue weighted by atomic mass is 10.2. The largest absolute Gasteiger partial charge is 0.478 e. The van der Waals surface area contributed by atoms with Crippen LogP contribution >= 0.6 is 0 Å². The van der Waals surface area contributed by atoms with Crippen molar-refractivity contribution in [2.24, 2.45) is 0 Å². The van der Waals surface area contributed by atoms with Crippen molar-refractivity contribution < 1.29 is 14.3 Å². The van der Waals surface area contributed by atoms with E-state index >= 15 is 0 Å². The molecule has 0 bridgehead atoms. The Labute approximate surface area is 107 Å². The zero-order valence-electron chi connectivity index (χ0n) is 10.9. The lowest BCUT2D eigenvalue weighted by Gasteiger charge is -2.25. The SMILES string of the molecule is CN(Cc1cc(C(=O)O)co1)CC1CCCN1C. The van der Waals surface area contributed by atoms with E-state index in [0.29, 0.717) is 18.3 Å². The van der Waals surface area contributed by atoms with Crippen molar-refractivity contribution in [1.29, 1.82) is 0 Å². The van der Waals surface area contributed by atoms with E-state index in [1.807, 2.05) is 7.05 Å². The number of hydrogen-bond donors (Lipinski definition) is 1. The monoisotopic (exact) mass is 252 g/mol. The predicted molar refractivity (Wildman–Crippen MR) is 67.7 cm³/mol. The van der Waals surface area contributed by atoms with Crippen LogP contribution in [0.4, 0.5) is 0 Å². The van der Waals surface area contributed by atoms with Crippen LogP contribution in [0.3, 0.4) is 0 Å². The number of hydrogen-bond acceptors (Lipinski definition) is 4. The highest BCUT2D eigenvalue weighted by Gasteiger charge is 2.22. The topological polar surface area (TPSA) is 56.9 Å². The Hall–Kier alpha value is -1.33. The molecule has 5 nitrogen and oxygen atoms in total. The minimum Gasteiger partial charge on any atom is -0.478 e. The number of carbonyl (C=O) groups is 1. The lowest BCUT2D eigenvalue weighted by molar-refractivity contribution is 0.0696. The summed E-state index contributed by atoms with van der Waals surface area (Å²) in [5, 5.41) is 8.82. The molecule has 1 aliphatic rings. The van der Waals surface area contributed by atoms with Crippen LogP contribution in [0.5, 0.6) is 0 Å². The van der Waals surface area contributed by atoms with Crippen molar-refractivity contribution in [2.45, 2.75) is 25.4 Å². The second kappa shape index (κ2) is 5.54. The second-order valence-corrected chi connectivity index (χ2v) is 5.08. The molecule has 18 heavy (non-hydrogen) atoms. The molecule has 0 amide bonds. The van der Waals surface area contributed by atoms with Gasteiger partial charge >= 0.3 is 5.97 Å². The van der Waals surface area contributed by atoms with Gasteiger partial charge in [0.15, 0.2) is 0 Å². The summed E-state index contributed by atoms with van der Waals surface area (Å²) < 4.78 is 5.25. The molecule has 1 aliphatic heterocycles. The van der Waals surface area contributed by atoms with Gasteiger partial charge in [-0.15, -0.1) is 0 Å². The van der Waals surface area contributed by atoms with Crippen molar-refractivity contribution in [1.82, 2.24) is 9.80 Å². The van der Waals surface area contributed by atoms with E-state index in [-0.39, 0.29) is 5.56 Å². The van der Waals surface area contributed by atoms with E-state index in [0.717, 1.165) is 6.54 Å². The highest BCUT2D eigenvalue weighted by atomic mass is 16.4. The number of carboxylic acids is 1. The minimum atomic E-state index is -0.942. The van der Waals surface area contributed by atoms with Crippen LogP contribution in [0.15, 0.2) is 16.7 Å². The molecule has 1 unspecified atom stereocenters. The maximum absolute atomic E-state index is 10.7. The fourth-order valence-corrected chi connectivity index (χ4v) is 2.48. The van der Waals surface area contributed by atoms with Gasteiger partial charge < -0.3 is 14.4 Å². The van der Waals surface area contributed by atoms with Crippen molar-refractivity contribution in [3.8, 4) is 0 Å². The highest BCUT2D eigenvalue weighted by Crippen LogP contribution is 2.17. The van der Waals surface area contributed by atoms with Crippen LogP contribution in [0.1, 0.15) is 29.0 Å². The minimum absolute atomic E-state index is 0.219. The number of likely N-dealkylation sites (tertiary alicyclic amines) is 1.